The smallest absolute Gasteiger partial charge is 0.228 e. The number of amides is 1. The molecule has 4 atom stereocenters. The van der Waals surface area contributed by atoms with Crippen LogP contribution in [0.4, 0.5) is 11.4 Å². The Kier molecular flexibility index (Phi) is 7.19. The van der Waals surface area contributed by atoms with Gasteiger partial charge in [0.15, 0.2) is 0 Å². The van der Waals surface area contributed by atoms with Crippen LogP contribution in [0.15, 0.2) is 22.7 Å². The quantitative estimate of drug-likeness (QED) is 0.313. The van der Waals surface area contributed by atoms with E-state index in [0.717, 1.165) is 28.8 Å². The van der Waals surface area contributed by atoms with Crippen molar-refractivity contribution in [3.05, 3.63) is 22.7 Å². The number of hydrogen-bond acceptors (Lipinski definition) is 4. The summed E-state index contributed by atoms with van der Waals surface area (Å²) in [4.78, 5) is 13.0. The molecule has 7 heteroatoms. The second-order valence-corrected chi connectivity index (χ2v) is 8.76. The zero-order valence-electron chi connectivity index (χ0n) is 14.9. The van der Waals surface area contributed by atoms with Crippen LogP contribution in [0.3, 0.4) is 0 Å². The number of nitrogen functional groups attached to an aromatic ring is 1. The summed E-state index contributed by atoms with van der Waals surface area (Å²) in [5.41, 5.74) is 7.16. The maximum Gasteiger partial charge on any atom is 0.228 e. The molecule has 4 unspecified atom stereocenters. The summed E-state index contributed by atoms with van der Waals surface area (Å²) >= 11 is 5.30. The van der Waals surface area contributed by atoms with E-state index in [0.29, 0.717) is 17.4 Å². The second-order valence-electron chi connectivity index (χ2n) is 6.69. The minimum atomic E-state index is -0.0961. The van der Waals surface area contributed by atoms with E-state index in [-0.39, 0.29) is 23.1 Å². The van der Waals surface area contributed by atoms with Crippen molar-refractivity contribution in [2.75, 3.05) is 16.8 Å². The molecular weight excluding hydrogens is 400 g/mol. The summed E-state index contributed by atoms with van der Waals surface area (Å²) in [5.74, 6) is 1.84. The fraction of sp³-hybridized carbons (Fsp3) is 0.556. The predicted octanol–water partition coefficient (Wildman–Crippen LogP) is 4.09. The molecular formula is C18H27BrN4OS. The molecule has 5 N–H and O–H groups in total. The maximum atomic E-state index is 13.0. The van der Waals surface area contributed by atoms with Gasteiger partial charge in [0.1, 0.15) is 0 Å². The van der Waals surface area contributed by atoms with Gasteiger partial charge >= 0.3 is 0 Å². The van der Waals surface area contributed by atoms with Crippen molar-refractivity contribution in [1.29, 1.82) is 5.41 Å². The zero-order valence-corrected chi connectivity index (χ0v) is 17.3. The summed E-state index contributed by atoms with van der Waals surface area (Å²) in [6, 6.07) is 5.55. The van der Waals surface area contributed by atoms with Crippen LogP contribution in [0.1, 0.15) is 33.6 Å². The molecule has 1 aromatic rings. The lowest BCUT2D eigenvalue weighted by molar-refractivity contribution is -0.120. The van der Waals surface area contributed by atoms with Crippen molar-refractivity contribution in [1.82, 2.24) is 5.32 Å². The summed E-state index contributed by atoms with van der Waals surface area (Å²) in [7, 11) is 0. The average Bonchev–Trinajstić information content (AvgIpc) is 2.88. The van der Waals surface area contributed by atoms with E-state index < -0.39 is 0 Å². The van der Waals surface area contributed by atoms with Gasteiger partial charge in [-0.15, -0.1) is 0 Å². The summed E-state index contributed by atoms with van der Waals surface area (Å²) in [5, 5.41) is 14.3. The lowest BCUT2D eigenvalue weighted by Gasteiger charge is -2.29. The molecule has 0 radical (unpaired) electrons. The number of hydrogen-bond donors (Lipinski definition) is 4. The topological polar surface area (TPSA) is 91.0 Å². The van der Waals surface area contributed by atoms with Crippen LogP contribution in [0.5, 0.6) is 0 Å². The zero-order chi connectivity index (χ0) is 18.6. The molecule has 1 heterocycles. The number of halogens is 1. The third-order valence-electron chi connectivity index (χ3n) is 4.49. The van der Waals surface area contributed by atoms with Crippen LogP contribution in [0.25, 0.3) is 0 Å². The highest BCUT2D eigenvalue weighted by Gasteiger charge is 2.41. The molecule has 0 aliphatic carbocycles. The van der Waals surface area contributed by atoms with Gasteiger partial charge in [0.2, 0.25) is 5.91 Å². The van der Waals surface area contributed by atoms with E-state index in [1.807, 2.05) is 17.8 Å². The van der Waals surface area contributed by atoms with Crippen molar-refractivity contribution in [3.63, 3.8) is 0 Å². The Hall–Kier alpha value is -1.21. The van der Waals surface area contributed by atoms with Gasteiger partial charge < -0.3 is 16.4 Å². The third-order valence-corrected chi connectivity index (χ3v) is 6.87. The van der Waals surface area contributed by atoms with E-state index in [1.165, 1.54) is 0 Å². The summed E-state index contributed by atoms with van der Waals surface area (Å²) in [6.45, 7) is 6.05. The number of nitrogens with one attached hydrogen (secondary N) is 3. The molecule has 138 valence electrons. The lowest BCUT2D eigenvalue weighted by atomic mass is 9.88. The van der Waals surface area contributed by atoms with E-state index >= 15 is 0 Å². The van der Waals surface area contributed by atoms with Gasteiger partial charge in [-0.05, 0) is 59.1 Å². The van der Waals surface area contributed by atoms with E-state index in [9.17, 15) is 4.79 Å². The molecule has 1 aliphatic rings. The Labute approximate surface area is 162 Å². The molecule has 1 amide bonds. The van der Waals surface area contributed by atoms with Crippen molar-refractivity contribution >= 4 is 50.8 Å². The molecule has 1 fully saturated rings. The number of carbonyl (C=O) groups is 1. The van der Waals surface area contributed by atoms with Gasteiger partial charge in [0, 0.05) is 21.5 Å². The monoisotopic (exact) mass is 426 g/mol. The van der Waals surface area contributed by atoms with Gasteiger partial charge in [0.05, 0.1) is 17.4 Å². The predicted molar refractivity (Wildman–Crippen MR) is 111 cm³/mol. The van der Waals surface area contributed by atoms with Crippen LogP contribution in [0, 0.1) is 17.2 Å². The van der Waals surface area contributed by atoms with Gasteiger partial charge in [-0.2, -0.15) is 11.8 Å². The largest absolute Gasteiger partial charge is 0.399 e. The van der Waals surface area contributed by atoms with Crippen molar-refractivity contribution in [2.45, 2.75) is 44.9 Å². The van der Waals surface area contributed by atoms with E-state index in [4.69, 9.17) is 11.1 Å². The highest BCUT2D eigenvalue weighted by Crippen LogP contribution is 2.39. The van der Waals surface area contributed by atoms with Crippen LogP contribution < -0.4 is 16.4 Å². The van der Waals surface area contributed by atoms with Gasteiger partial charge in [-0.3, -0.25) is 10.2 Å². The molecule has 1 aromatic carbocycles. The van der Waals surface area contributed by atoms with Crippen molar-refractivity contribution in [2.24, 2.45) is 11.8 Å². The fourth-order valence-corrected chi connectivity index (χ4v) is 5.51. The average molecular weight is 427 g/mol. The number of nitrogens with two attached hydrogens (primary N) is 1. The molecule has 0 aromatic heterocycles. The van der Waals surface area contributed by atoms with Crippen LogP contribution in [-0.4, -0.2) is 28.8 Å². The first-order valence-corrected chi connectivity index (χ1v) is 10.5. The molecule has 0 bridgehead atoms. The molecule has 0 spiro atoms. The first kappa shape index (κ1) is 20.1. The minimum Gasteiger partial charge on any atom is -0.399 e. The van der Waals surface area contributed by atoms with Crippen molar-refractivity contribution in [3.8, 4) is 0 Å². The second kappa shape index (κ2) is 8.94. The Morgan fingerprint density at radius 3 is 2.84 bits per heavy atom. The van der Waals surface area contributed by atoms with Gasteiger partial charge in [-0.25, -0.2) is 0 Å². The Balaban J connectivity index is 2.18. The maximum absolute atomic E-state index is 13.0. The highest BCUT2D eigenvalue weighted by molar-refractivity contribution is 9.10. The SMILES string of the molecule is CCCC(C(=O)Nc1ccc(N)cc1Br)C1SCC(C)C1NC(C)=N. The number of anilines is 2. The van der Waals surface area contributed by atoms with Crippen LogP contribution in [-0.2, 0) is 4.79 Å². The first-order valence-electron chi connectivity index (χ1n) is 8.62. The Morgan fingerprint density at radius 1 is 1.52 bits per heavy atom. The van der Waals surface area contributed by atoms with Gasteiger partial charge in [0.25, 0.3) is 0 Å². The Bertz CT molecular complexity index is 640. The molecule has 1 aliphatic heterocycles. The van der Waals surface area contributed by atoms with E-state index in [1.54, 1.807) is 19.1 Å². The molecule has 2 rings (SSSR count). The number of rotatable bonds is 6. The fourth-order valence-electron chi connectivity index (χ4n) is 3.25. The number of carbonyl (C=O) groups excluding carboxylic acids is 1. The number of amidine groups is 1. The Morgan fingerprint density at radius 2 is 2.24 bits per heavy atom. The molecule has 0 saturated carbocycles. The molecule has 1 saturated heterocycles. The number of benzene rings is 1. The number of thioether (sulfide) groups is 1. The highest BCUT2D eigenvalue weighted by atomic mass is 79.9. The minimum absolute atomic E-state index is 0.0355. The van der Waals surface area contributed by atoms with Crippen molar-refractivity contribution < 1.29 is 4.79 Å². The third kappa shape index (κ3) is 5.14. The van der Waals surface area contributed by atoms with E-state index in [2.05, 4.69) is 40.4 Å². The summed E-state index contributed by atoms with van der Waals surface area (Å²) < 4.78 is 0.786. The summed E-state index contributed by atoms with van der Waals surface area (Å²) in [6.07, 6.45) is 1.78. The van der Waals surface area contributed by atoms with Gasteiger partial charge in [-0.1, -0.05) is 20.3 Å². The van der Waals surface area contributed by atoms with Crippen LogP contribution >= 0.6 is 27.7 Å². The normalized spacial score (nSPS) is 23.9. The molecule has 25 heavy (non-hydrogen) atoms. The molecule has 5 nitrogen and oxygen atoms in total. The standard InChI is InChI=1S/C18H27BrN4OS/c1-4-5-13(17-16(22-11(3)20)10(2)9-25-17)18(24)23-15-7-6-12(21)8-14(15)19/h6-8,10,13,16-17H,4-5,9,21H2,1-3H3,(H2,20,22)(H,23,24). The lowest BCUT2D eigenvalue weighted by Crippen LogP contribution is -2.47. The first-order chi connectivity index (χ1) is 11.8. The van der Waals surface area contributed by atoms with Crippen LogP contribution in [0.2, 0.25) is 0 Å².